The molecule has 33 heavy (non-hydrogen) atoms. The first-order chi connectivity index (χ1) is 16.0. The standard InChI is InChI=1S/C24H21N3O4S2/c1-3-30-23(29)21-20(16-9-5-4-6-10-16)25-24(33-21)26-22(28)18-11-7-8-12-19(18)32-14-17-13-15(2)27-31-17/h4-13H,3,14H2,1-2H3,(H,25,26,28). The van der Waals surface area contributed by atoms with E-state index in [1.165, 1.54) is 11.8 Å². The smallest absolute Gasteiger partial charge is 0.350 e. The molecular formula is C24H21N3O4S2. The van der Waals surface area contributed by atoms with E-state index in [-0.39, 0.29) is 12.5 Å². The van der Waals surface area contributed by atoms with Crippen molar-refractivity contribution >= 4 is 40.1 Å². The van der Waals surface area contributed by atoms with Gasteiger partial charge in [0, 0.05) is 16.5 Å². The van der Waals surface area contributed by atoms with Crippen molar-refractivity contribution in [2.45, 2.75) is 24.5 Å². The third-order valence-corrected chi connectivity index (χ3v) is 6.58. The summed E-state index contributed by atoms with van der Waals surface area (Å²) in [5.41, 5.74) is 2.58. The Hall–Kier alpha value is -3.43. The Morgan fingerprint density at radius 1 is 1.12 bits per heavy atom. The Kier molecular flexibility index (Phi) is 7.21. The van der Waals surface area contributed by atoms with Crippen LogP contribution in [0.25, 0.3) is 11.3 Å². The van der Waals surface area contributed by atoms with Gasteiger partial charge in [0.2, 0.25) is 0 Å². The zero-order valence-corrected chi connectivity index (χ0v) is 19.7. The van der Waals surface area contributed by atoms with Crippen molar-refractivity contribution < 1.29 is 18.8 Å². The summed E-state index contributed by atoms with van der Waals surface area (Å²) in [6, 6.07) is 18.5. The fourth-order valence-electron chi connectivity index (χ4n) is 3.08. The van der Waals surface area contributed by atoms with E-state index in [1.807, 2.05) is 55.5 Å². The van der Waals surface area contributed by atoms with Crippen LogP contribution in [0.4, 0.5) is 5.13 Å². The number of amides is 1. The van der Waals surface area contributed by atoms with E-state index in [9.17, 15) is 9.59 Å². The van der Waals surface area contributed by atoms with Gasteiger partial charge >= 0.3 is 5.97 Å². The highest BCUT2D eigenvalue weighted by Crippen LogP contribution is 2.33. The van der Waals surface area contributed by atoms with Crippen LogP contribution < -0.4 is 5.32 Å². The average molecular weight is 480 g/mol. The van der Waals surface area contributed by atoms with Crippen LogP contribution in [0, 0.1) is 6.92 Å². The topological polar surface area (TPSA) is 94.3 Å². The molecule has 4 rings (SSSR count). The molecule has 2 heterocycles. The number of carbonyl (C=O) groups is 2. The monoisotopic (exact) mass is 479 g/mol. The van der Waals surface area contributed by atoms with E-state index in [2.05, 4.69) is 15.5 Å². The van der Waals surface area contributed by atoms with Crippen LogP contribution in [0.1, 0.15) is 38.4 Å². The molecule has 0 fully saturated rings. The zero-order chi connectivity index (χ0) is 23.2. The molecule has 0 spiro atoms. The van der Waals surface area contributed by atoms with Crippen molar-refractivity contribution in [3.05, 3.63) is 82.6 Å². The predicted octanol–water partition coefficient (Wildman–Crippen LogP) is 5.83. The lowest BCUT2D eigenvalue weighted by Gasteiger charge is -2.07. The molecule has 0 radical (unpaired) electrons. The lowest BCUT2D eigenvalue weighted by Crippen LogP contribution is -2.12. The van der Waals surface area contributed by atoms with Gasteiger partial charge in [-0.3, -0.25) is 10.1 Å². The number of hydrogen-bond acceptors (Lipinski definition) is 8. The maximum Gasteiger partial charge on any atom is 0.350 e. The first kappa shape index (κ1) is 22.8. The van der Waals surface area contributed by atoms with Gasteiger partial charge in [0.05, 0.1) is 29.3 Å². The number of nitrogens with one attached hydrogen (secondary N) is 1. The minimum absolute atomic E-state index is 0.252. The van der Waals surface area contributed by atoms with E-state index in [1.54, 1.807) is 19.1 Å². The van der Waals surface area contributed by atoms with Crippen molar-refractivity contribution in [1.29, 1.82) is 0 Å². The fraction of sp³-hybridized carbons (Fsp3) is 0.167. The Bertz CT molecular complexity index is 1270. The molecule has 2 aromatic carbocycles. The molecular weight excluding hydrogens is 458 g/mol. The van der Waals surface area contributed by atoms with E-state index in [4.69, 9.17) is 9.26 Å². The van der Waals surface area contributed by atoms with Gasteiger partial charge in [0.1, 0.15) is 10.6 Å². The predicted molar refractivity (Wildman–Crippen MR) is 129 cm³/mol. The highest BCUT2D eigenvalue weighted by atomic mass is 32.2. The summed E-state index contributed by atoms with van der Waals surface area (Å²) in [6.45, 7) is 3.86. The lowest BCUT2D eigenvalue weighted by atomic mass is 10.1. The number of carbonyl (C=O) groups excluding carboxylic acids is 2. The third-order valence-electron chi connectivity index (χ3n) is 4.53. The number of benzene rings is 2. The summed E-state index contributed by atoms with van der Waals surface area (Å²) >= 11 is 2.58. The largest absolute Gasteiger partial charge is 0.462 e. The Morgan fingerprint density at radius 3 is 2.61 bits per heavy atom. The van der Waals surface area contributed by atoms with Crippen molar-refractivity contribution in [3.8, 4) is 11.3 Å². The molecule has 1 N–H and O–H groups in total. The quantitative estimate of drug-likeness (QED) is 0.251. The highest BCUT2D eigenvalue weighted by molar-refractivity contribution is 7.98. The first-order valence-corrected chi connectivity index (χ1v) is 12.0. The van der Waals surface area contributed by atoms with E-state index in [0.717, 1.165) is 33.2 Å². The number of nitrogens with zero attached hydrogens (tertiary/aromatic N) is 2. The van der Waals surface area contributed by atoms with Crippen LogP contribution in [-0.4, -0.2) is 28.6 Å². The summed E-state index contributed by atoms with van der Waals surface area (Å²) in [5, 5.41) is 7.06. The Labute approximate surface area is 199 Å². The molecule has 4 aromatic rings. The minimum atomic E-state index is -0.465. The number of ether oxygens (including phenoxy) is 1. The molecule has 168 valence electrons. The second-order valence-corrected chi connectivity index (χ2v) is 8.97. The number of rotatable bonds is 8. The van der Waals surface area contributed by atoms with Crippen LogP contribution >= 0.6 is 23.1 Å². The number of anilines is 1. The number of thiazole rings is 1. The molecule has 0 aliphatic rings. The van der Waals surface area contributed by atoms with E-state index >= 15 is 0 Å². The van der Waals surface area contributed by atoms with Crippen molar-refractivity contribution in [3.63, 3.8) is 0 Å². The number of aryl methyl sites for hydroxylation is 1. The van der Waals surface area contributed by atoms with Crippen molar-refractivity contribution in [2.75, 3.05) is 11.9 Å². The molecule has 0 saturated carbocycles. The maximum atomic E-state index is 13.1. The number of aromatic nitrogens is 2. The second-order valence-electron chi connectivity index (χ2n) is 6.96. The Morgan fingerprint density at radius 2 is 1.88 bits per heavy atom. The average Bonchev–Trinajstić information content (AvgIpc) is 3.44. The number of esters is 1. The fourth-order valence-corrected chi connectivity index (χ4v) is 4.88. The number of thioether (sulfide) groups is 1. The van der Waals surface area contributed by atoms with E-state index in [0.29, 0.717) is 27.0 Å². The van der Waals surface area contributed by atoms with Crippen molar-refractivity contribution in [1.82, 2.24) is 10.1 Å². The minimum Gasteiger partial charge on any atom is -0.462 e. The molecule has 0 aliphatic carbocycles. The van der Waals surface area contributed by atoms with Gasteiger partial charge in [-0.1, -0.05) is 59.0 Å². The molecule has 9 heteroatoms. The van der Waals surface area contributed by atoms with Gasteiger partial charge in [-0.05, 0) is 26.0 Å². The summed E-state index contributed by atoms with van der Waals surface area (Å²) in [6.07, 6.45) is 0. The summed E-state index contributed by atoms with van der Waals surface area (Å²) in [4.78, 5) is 31.3. The first-order valence-electron chi connectivity index (χ1n) is 10.2. The van der Waals surface area contributed by atoms with Gasteiger partial charge < -0.3 is 9.26 Å². The summed E-state index contributed by atoms with van der Waals surface area (Å²) in [5.74, 6) is 0.510. The highest BCUT2D eigenvalue weighted by Gasteiger charge is 2.22. The van der Waals surface area contributed by atoms with Crippen LogP contribution in [0.5, 0.6) is 0 Å². The van der Waals surface area contributed by atoms with Gasteiger partial charge in [0.15, 0.2) is 5.13 Å². The molecule has 1 amide bonds. The number of hydrogen-bond donors (Lipinski definition) is 1. The summed E-state index contributed by atoms with van der Waals surface area (Å²) < 4.78 is 10.4. The molecule has 0 unspecified atom stereocenters. The second kappa shape index (κ2) is 10.5. The molecule has 0 saturated heterocycles. The van der Waals surface area contributed by atoms with Crippen LogP contribution in [-0.2, 0) is 10.5 Å². The van der Waals surface area contributed by atoms with Gasteiger partial charge in [-0.2, -0.15) is 0 Å². The SMILES string of the molecule is CCOC(=O)c1sc(NC(=O)c2ccccc2SCc2cc(C)no2)nc1-c1ccccc1. The van der Waals surface area contributed by atoms with Gasteiger partial charge in [-0.15, -0.1) is 11.8 Å². The molecule has 2 aromatic heterocycles. The van der Waals surface area contributed by atoms with Crippen molar-refractivity contribution in [2.24, 2.45) is 0 Å². The molecule has 0 bridgehead atoms. The van der Waals surface area contributed by atoms with Crippen LogP contribution in [0.3, 0.4) is 0 Å². The maximum absolute atomic E-state index is 13.1. The van der Waals surface area contributed by atoms with Gasteiger partial charge in [-0.25, -0.2) is 9.78 Å². The normalized spacial score (nSPS) is 10.7. The molecule has 7 nitrogen and oxygen atoms in total. The third kappa shape index (κ3) is 5.50. The zero-order valence-electron chi connectivity index (χ0n) is 18.0. The van der Waals surface area contributed by atoms with Crippen LogP contribution in [0.2, 0.25) is 0 Å². The summed E-state index contributed by atoms with van der Waals surface area (Å²) in [7, 11) is 0. The Balaban J connectivity index is 1.57. The van der Waals surface area contributed by atoms with Crippen LogP contribution in [0.15, 0.2) is 70.1 Å². The molecule has 0 aliphatic heterocycles. The molecule has 0 atom stereocenters. The van der Waals surface area contributed by atoms with Gasteiger partial charge in [0.25, 0.3) is 5.91 Å². The lowest BCUT2D eigenvalue weighted by molar-refractivity contribution is 0.0532. The van der Waals surface area contributed by atoms with E-state index < -0.39 is 5.97 Å².